The second kappa shape index (κ2) is 4.00. The van der Waals surface area contributed by atoms with Crippen molar-refractivity contribution in [3.63, 3.8) is 0 Å². The number of esters is 1. The summed E-state index contributed by atoms with van der Waals surface area (Å²) in [4.78, 5) is 14.6. The molecule has 0 aliphatic heterocycles. The summed E-state index contributed by atoms with van der Waals surface area (Å²) in [7, 11) is 0. The summed E-state index contributed by atoms with van der Waals surface area (Å²) in [6.45, 7) is 6.31. The number of benzene rings is 1. The molecule has 0 atom stereocenters. The number of aryl methyl sites for hydroxylation is 2. The molecule has 0 fully saturated rings. The number of carbonyl (C=O) groups excluding carboxylic acids is 1. The number of H-pyrrole nitrogens is 1. The Hall–Kier alpha value is -1.77. The number of hydrogen-bond acceptors (Lipinski definition) is 2. The van der Waals surface area contributed by atoms with Crippen molar-refractivity contribution in [2.75, 3.05) is 6.61 Å². The second-order valence-electron chi connectivity index (χ2n) is 3.93. The zero-order valence-corrected chi connectivity index (χ0v) is 9.76. The van der Waals surface area contributed by atoms with Crippen LogP contribution in [0.15, 0.2) is 18.2 Å². The molecule has 0 radical (unpaired) electrons. The molecule has 3 heteroatoms. The summed E-state index contributed by atoms with van der Waals surface area (Å²) in [5, 5.41) is 1.05. The van der Waals surface area contributed by atoms with E-state index in [0.29, 0.717) is 12.3 Å². The molecule has 1 heterocycles. The fourth-order valence-corrected chi connectivity index (χ4v) is 1.72. The fourth-order valence-electron chi connectivity index (χ4n) is 1.72. The minimum atomic E-state index is -0.297. The van der Waals surface area contributed by atoms with Gasteiger partial charge in [-0.2, -0.15) is 0 Å². The van der Waals surface area contributed by atoms with Gasteiger partial charge >= 0.3 is 5.97 Å². The largest absolute Gasteiger partial charge is 0.461 e. The van der Waals surface area contributed by atoms with Gasteiger partial charge in [0.2, 0.25) is 0 Å². The minimum Gasteiger partial charge on any atom is -0.461 e. The summed E-state index contributed by atoms with van der Waals surface area (Å²) < 4.78 is 4.95. The van der Waals surface area contributed by atoms with Crippen LogP contribution in [0.5, 0.6) is 0 Å². The predicted octanol–water partition coefficient (Wildman–Crippen LogP) is 2.96. The third-order valence-corrected chi connectivity index (χ3v) is 2.73. The van der Waals surface area contributed by atoms with Crippen molar-refractivity contribution in [1.29, 1.82) is 0 Å². The van der Waals surface area contributed by atoms with Crippen molar-refractivity contribution in [2.24, 2.45) is 0 Å². The monoisotopic (exact) mass is 217 g/mol. The summed E-state index contributed by atoms with van der Waals surface area (Å²) >= 11 is 0. The Bertz CT molecular complexity index is 501. The maximum absolute atomic E-state index is 11.5. The SMILES string of the molecule is CCOC(=O)c1cc2cc(C)c(C)cc2[nH]1. The van der Waals surface area contributed by atoms with Gasteiger partial charge in [-0.3, -0.25) is 0 Å². The fraction of sp³-hybridized carbons (Fsp3) is 0.308. The molecule has 84 valence electrons. The molecule has 0 saturated carbocycles. The van der Waals surface area contributed by atoms with E-state index in [1.807, 2.05) is 12.1 Å². The number of hydrogen-bond donors (Lipinski definition) is 1. The molecule has 1 N–H and O–H groups in total. The highest BCUT2D eigenvalue weighted by atomic mass is 16.5. The van der Waals surface area contributed by atoms with Crippen LogP contribution in [0.25, 0.3) is 10.9 Å². The highest BCUT2D eigenvalue weighted by molar-refractivity contribution is 5.95. The molecule has 0 bridgehead atoms. The zero-order chi connectivity index (χ0) is 11.7. The first kappa shape index (κ1) is 10.7. The maximum atomic E-state index is 11.5. The molecule has 0 spiro atoms. The van der Waals surface area contributed by atoms with E-state index in [-0.39, 0.29) is 5.97 Å². The molecule has 2 aromatic rings. The van der Waals surface area contributed by atoms with Gasteiger partial charge in [-0.15, -0.1) is 0 Å². The van der Waals surface area contributed by atoms with Crippen LogP contribution in [0, 0.1) is 13.8 Å². The van der Waals surface area contributed by atoms with Gasteiger partial charge in [0.25, 0.3) is 0 Å². The van der Waals surface area contributed by atoms with Crippen LogP contribution in [-0.4, -0.2) is 17.6 Å². The topological polar surface area (TPSA) is 42.1 Å². The smallest absolute Gasteiger partial charge is 0.354 e. The molecule has 0 unspecified atom stereocenters. The van der Waals surface area contributed by atoms with Crippen molar-refractivity contribution in [1.82, 2.24) is 4.98 Å². The normalized spacial score (nSPS) is 10.7. The molecule has 0 saturated heterocycles. The van der Waals surface area contributed by atoms with E-state index in [0.717, 1.165) is 10.9 Å². The molecule has 0 aliphatic carbocycles. The third kappa shape index (κ3) is 1.81. The molecule has 0 amide bonds. The molecular formula is C13H15NO2. The molecule has 2 rings (SSSR count). The Morgan fingerprint density at radius 3 is 2.62 bits per heavy atom. The first-order valence-electron chi connectivity index (χ1n) is 5.39. The minimum absolute atomic E-state index is 0.297. The lowest BCUT2D eigenvalue weighted by molar-refractivity contribution is 0.0520. The predicted molar refractivity (Wildman–Crippen MR) is 63.7 cm³/mol. The van der Waals surface area contributed by atoms with E-state index in [9.17, 15) is 4.79 Å². The van der Waals surface area contributed by atoms with Crippen LogP contribution in [0.1, 0.15) is 28.5 Å². The molecule has 16 heavy (non-hydrogen) atoms. The average molecular weight is 217 g/mol. The summed E-state index contributed by atoms with van der Waals surface area (Å²) in [5.41, 5.74) is 3.93. The van der Waals surface area contributed by atoms with E-state index >= 15 is 0 Å². The van der Waals surface area contributed by atoms with Crippen LogP contribution >= 0.6 is 0 Å². The Balaban J connectivity index is 2.48. The van der Waals surface area contributed by atoms with Crippen LogP contribution in [0.3, 0.4) is 0 Å². The Labute approximate surface area is 94.4 Å². The molecular weight excluding hydrogens is 202 g/mol. The van der Waals surface area contributed by atoms with Crippen LogP contribution in [0.2, 0.25) is 0 Å². The summed E-state index contributed by atoms with van der Waals surface area (Å²) in [5.74, 6) is -0.297. The first-order chi connectivity index (χ1) is 7.61. The van der Waals surface area contributed by atoms with Gasteiger partial charge in [-0.25, -0.2) is 4.79 Å². The van der Waals surface area contributed by atoms with Gasteiger partial charge in [0.1, 0.15) is 5.69 Å². The number of aromatic amines is 1. The lowest BCUT2D eigenvalue weighted by Gasteiger charge is -1.98. The second-order valence-corrected chi connectivity index (χ2v) is 3.93. The summed E-state index contributed by atoms with van der Waals surface area (Å²) in [6.07, 6.45) is 0. The zero-order valence-electron chi connectivity index (χ0n) is 9.76. The number of carbonyl (C=O) groups is 1. The molecule has 0 aliphatic rings. The average Bonchev–Trinajstić information content (AvgIpc) is 2.62. The third-order valence-electron chi connectivity index (χ3n) is 2.73. The Kier molecular flexibility index (Phi) is 2.69. The molecule has 1 aromatic carbocycles. The van der Waals surface area contributed by atoms with Gasteiger partial charge in [-0.1, -0.05) is 0 Å². The van der Waals surface area contributed by atoms with Crippen LogP contribution in [0.4, 0.5) is 0 Å². The lowest BCUT2D eigenvalue weighted by Crippen LogP contribution is -2.04. The van der Waals surface area contributed by atoms with E-state index in [2.05, 4.69) is 24.9 Å². The van der Waals surface area contributed by atoms with E-state index in [4.69, 9.17) is 4.74 Å². The molecule has 1 aromatic heterocycles. The number of rotatable bonds is 2. The lowest BCUT2D eigenvalue weighted by atomic mass is 10.1. The summed E-state index contributed by atoms with van der Waals surface area (Å²) in [6, 6.07) is 5.96. The number of ether oxygens (including phenoxy) is 1. The number of fused-ring (bicyclic) bond motifs is 1. The Morgan fingerprint density at radius 1 is 1.25 bits per heavy atom. The van der Waals surface area contributed by atoms with Gasteiger partial charge in [0, 0.05) is 10.9 Å². The van der Waals surface area contributed by atoms with Crippen molar-refractivity contribution < 1.29 is 9.53 Å². The van der Waals surface area contributed by atoms with Gasteiger partial charge in [0.05, 0.1) is 6.61 Å². The van der Waals surface area contributed by atoms with Crippen LogP contribution in [-0.2, 0) is 4.74 Å². The standard InChI is InChI=1S/C13H15NO2/c1-4-16-13(15)12-7-10-5-8(2)9(3)6-11(10)14-12/h5-7,14H,4H2,1-3H3. The number of aromatic nitrogens is 1. The van der Waals surface area contributed by atoms with Gasteiger partial charge in [0.15, 0.2) is 0 Å². The van der Waals surface area contributed by atoms with Crippen molar-refractivity contribution in [3.05, 3.63) is 35.0 Å². The van der Waals surface area contributed by atoms with Crippen molar-refractivity contribution in [3.8, 4) is 0 Å². The van der Waals surface area contributed by atoms with E-state index < -0.39 is 0 Å². The van der Waals surface area contributed by atoms with E-state index in [1.54, 1.807) is 6.92 Å². The van der Waals surface area contributed by atoms with Crippen molar-refractivity contribution >= 4 is 16.9 Å². The maximum Gasteiger partial charge on any atom is 0.354 e. The van der Waals surface area contributed by atoms with E-state index in [1.165, 1.54) is 11.1 Å². The highest BCUT2D eigenvalue weighted by Gasteiger charge is 2.10. The first-order valence-corrected chi connectivity index (χ1v) is 5.39. The van der Waals surface area contributed by atoms with Gasteiger partial charge in [-0.05, 0) is 50.1 Å². The Morgan fingerprint density at radius 2 is 1.94 bits per heavy atom. The van der Waals surface area contributed by atoms with Gasteiger partial charge < -0.3 is 9.72 Å². The van der Waals surface area contributed by atoms with Crippen LogP contribution < -0.4 is 0 Å². The quantitative estimate of drug-likeness (QED) is 0.786. The molecule has 3 nitrogen and oxygen atoms in total. The highest BCUT2D eigenvalue weighted by Crippen LogP contribution is 2.20. The van der Waals surface area contributed by atoms with Crippen molar-refractivity contribution in [2.45, 2.75) is 20.8 Å². The number of nitrogens with one attached hydrogen (secondary N) is 1.